The van der Waals surface area contributed by atoms with Gasteiger partial charge in [-0.05, 0) is 36.3 Å². The number of hydrogen-bond donors (Lipinski definition) is 1. The number of nitrogens with zero attached hydrogens (tertiary/aromatic N) is 2. The number of benzene rings is 1. The molecule has 1 aromatic carbocycles. The number of hydrogen-bond acceptors (Lipinski definition) is 2. The van der Waals surface area contributed by atoms with Crippen molar-refractivity contribution >= 4 is 17.8 Å². The first-order chi connectivity index (χ1) is 11.8. The Labute approximate surface area is 145 Å². The number of rotatable bonds is 9. The summed E-state index contributed by atoms with van der Waals surface area (Å²) in [6, 6.07) is 14.8. The van der Waals surface area contributed by atoms with Crippen molar-refractivity contribution < 1.29 is 9.67 Å². The molecule has 2 rings (SSSR count). The van der Waals surface area contributed by atoms with Crippen LogP contribution in [0.2, 0.25) is 0 Å². The number of pyridine rings is 1. The molecule has 0 saturated heterocycles. The van der Waals surface area contributed by atoms with Crippen molar-refractivity contribution in [3.05, 3.63) is 59.9 Å². The number of aryl methyl sites for hydroxylation is 1. The van der Waals surface area contributed by atoms with Crippen LogP contribution in [0.3, 0.4) is 0 Å². The quantitative estimate of drug-likeness (QED) is 0.711. The van der Waals surface area contributed by atoms with Gasteiger partial charge in [0.25, 0.3) is 0 Å². The van der Waals surface area contributed by atoms with E-state index in [1.165, 1.54) is 16.9 Å². The van der Waals surface area contributed by atoms with Crippen molar-refractivity contribution in [2.45, 2.75) is 33.2 Å². The summed E-state index contributed by atoms with van der Waals surface area (Å²) in [5.41, 5.74) is 3.58. The second-order valence-electron chi connectivity index (χ2n) is 5.95. The number of anilines is 1. The smallest absolute Gasteiger partial charge is 0.205 e. The molecule has 1 heterocycles. The van der Waals surface area contributed by atoms with Crippen molar-refractivity contribution in [1.29, 1.82) is 0 Å². The second-order valence-corrected chi connectivity index (χ2v) is 5.95. The molecule has 0 aliphatic rings. The standard InChI is InChI=1S/C21H29N2O/c1-3-14-22-16-6-5-7-20(22)11-8-19-9-12-21(13-10-19)23(15-4-2)17-18-24/h5-13,16,24H,3-4,14-15,17-18H2,1-2H3/q+1. The minimum atomic E-state index is 0.188. The monoisotopic (exact) mass is 325 g/mol. The first-order valence-electron chi connectivity index (χ1n) is 8.91. The minimum Gasteiger partial charge on any atom is -0.395 e. The Morgan fingerprint density at radius 3 is 2.42 bits per heavy atom. The molecule has 3 heteroatoms. The average molecular weight is 325 g/mol. The Morgan fingerprint density at radius 2 is 1.75 bits per heavy atom. The summed E-state index contributed by atoms with van der Waals surface area (Å²) < 4.78 is 2.27. The summed E-state index contributed by atoms with van der Waals surface area (Å²) in [5.74, 6) is 0. The Hall–Kier alpha value is -2.13. The van der Waals surface area contributed by atoms with E-state index in [9.17, 15) is 5.11 Å². The minimum absolute atomic E-state index is 0.188. The predicted octanol–water partition coefficient (Wildman–Crippen LogP) is 3.76. The van der Waals surface area contributed by atoms with E-state index in [2.05, 4.69) is 84.1 Å². The van der Waals surface area contributed by atoms with Crippen LogP contribution in [0.1, 0.15) is 37.9 Å². The maximum absolute atomic E-state index is 9.20. The molecule has 0 atom stereocenters. The number of aliphatic hydroxyl groups is 1. The van der Waals surface area contributed by atoms with Crippen LogP contribution in [0.15, 0.2) is 48.7 Å². The summed E-state index contributed by atoms with van der Waals surface area (Å²) in [7, 11) is 0. The average Bonchev–Trinajstić information content (AvgIpc) is 2.62. The first kappa shape index (κ1) is 18.2. The molecule has 1 aromatic heterocycles. The summed E-state index contributed by atoms with van der Waals surface area (Å²) in [6.07, 6.45) is 8.66. The summed E-state index contributed by atoms with van der Waals surface area (Å²) in [6.45, 7) is 7.23. The topological polar surface area (TPSA) is 27.3 Å². The van der Waals surface area contributed by atoms with Gasteiger partial charge in [0.15, 0.2) is 6.20 Å². The van der Waals surface area contributed by atoms with Crippen LogP contribution in [0.4, 0.5) is 5.69 Å². The third kappa shape index (κ3) is 5.20. The molecule has 0 saturated carbocycles. The lowest BCUT2D eigenvalue weighted by atomic mass is 10.1. The largest absolute Gasteiger partial charge is 0.395 e. The third-order valence-electron chi connectivity index (χ3n) is 4.01. The van der Waals surface area contributed by atoms with Crippen molar-refractivity contribution in [2.24, 2.45) is 0 Å². The van der Waals surface area contributed by atoms with E-state index in [4.69, 9.17) is 0 Å². The van der Waals surface area contributed by atoms with Gasteiger partial charge in [-0.3, -0.25) is 0 Å². The summed E-state index contributed by atoms with van der Waals surface area (Å²) in [5, 5.41) is 9.20. The lowest BCUT2D eigenvalue weighted by molar-refractivity contribution is -0.698. The van der Waals surface area contributed by atoms with Crippen LogP contribution in [-0.2, 0) is 6.54 Å². The van der Waals surface area contributed by atoms with Crippen molar-refractivity contribution in [2.75, 3.05) is 24.6 Å². The molecule has 0 fully saturated rings. The maximum atomic E-state index is 9.20. The first-order valence-corrected chi connectivity index (χ1v) is 8.91. The van der Waals surface area contributed by atoms with E-state index in [0.29, 0.717) is 6.54 Å². The van der Waals surface area contributed by atoms with Crippen molar-refractivity contribution in [3.8, 4) is 0 Å². The summed E-state index contributed by atoms with van der Waals surface area (Å²) >= 11 is 0. The van der Waals surface area contributed by atoms with Crippen LogP contribution >= 0.6 is 0 Å². The second kappa shape index (κ2) is 9.89. The van der Waals surface area contributed by atoms with E-state index in [0.717, 1.165) is 25.9 Å². The molecule has 0 spiro atoms. The Morgan fingerprint density at radius 1 is 0.958 bits per heavy atom. The van der Waals surface area contributed by atoms with Gasteiger partial charge in [-0.1, -0.05) is 26.0 Å². The van der Waals surface area contributed by atoms with Crippen LogP contribution in [-0.4, -0.2) is 24.8 Å². The molecule has 24 heavy (non-hydrogen) atoms. The molecule has 0 radical (unpaired) electrons. The molecule has 0 unspecified atom stereocenters. The molecule has 0 aliphatic carbocycles. The van der Waals surface area contributed by atoms with Crippen LogP contribution < -0.4 is 9.47 Å². The lowest BCUT2D eigenvalue weighted by Gasteiger charge is -2.23. The number of aromatic nitrogens is 1. The molecule has 0 aliphatic heterocycles. The number of aliphatic hydroxyl groups excluding tert-OH is 1. The van der Waals surface area contributed by atoms with Crippen LogP contribution in [0.25, 0.3) is 12.2 Å². The Kier molecular flexibility index (Phi) is 7.50. The third-order valence-corrected chi connectivity index (χ3v) is 4.01. The highest BCUT2D eigenvalue weighted by Gasteiger charge is 2.06. The molecular formula is C21H29N2O+. The molecule has 3 nitrogen and oxygen atoms in total. The van der Waals surface area contributed by atoms with E-state index in [1.54, 1.807) is 0 Å². The Bertz CT molecular complexity index is 629. The zero-order valence-electron chi connectivity index (χ0n) is 14.9. The van der Waals surface area contributed by atoms with Gasteiger partial charge in [0.2, 0.25) is 5.69 Å². The van der Waals surface area contributed by atoms with Gasteiger partial charge in [-0.2, -0.15) is 4.57 Å². The SMILES string of the molecule is CCCN(CCO)c1ccc(/C=C/c2cccc[n+]2CCC)cc1. The fourth-order valence-electron chi connectivity index (χ4n) is 2.82. The normalized spacial score (nSPS) is 11.1. The predicted molar refractivity (Wildman–Crippen MR) is 102 cm³/mol. The molecule has 128 valence electrons. The highest BCUT2D eigenvalue weighted by Crippen LogP contribution is 2.17. The van der Waals surface area contributed by atoms with Crippen LogP contribution in [0, 0.1) is 0 Å². The van der Waals surface area contributed by atoms with Gasteiger partial charge >= 0.3 is 0 Å². The molecular weight excluding hydrogens is 296 g/mol. The zero-order chi connectivity index (χ0) is 17.2. The summed E-state index contributed by atoms with van der Waals surface area (Å²) in [4.78, 5) is 2.22. The fourth-order valence-corrected chi connectivity index (χ4v) is 2.82. The van der Waals surface area contributed by atoms with Crippen LogP contribution in [0.5, 0.6) is 0 Å². The van der Waals surface area contributed by atoms with Gasteiger partial charge in [-0.25, -0.2) is 0 Å². The van der Waals surface area contributed by atoms with Crippen molar-refractivity contribution in [1.82, 2.24) is 0 Å². The molecule has 0 bridgehead atoms. The van der Waals surface area contributed by atoms with Gasteiger partial charge in [0.05, 0.1) is 6.61 Å². The molecule has 0 amide bonds. The van der Waals surface area contributed by atoms with Gasteiger partial charge < -0.3 is 10.0 Å². The van der Waals surface area contributed by atoms with Gasteiger partial charge in [0, 0.05) is 43.4 Å². The molecule has 1 N–H and O–H groups in total. The van der Waals surface area contributed by atoms with E-state index < -0.39 is 0 Å². The van der Waals surface area contributed by atoms with Crippen molar-refractivity contribution in [3.63, 3.8) is 0 Å². The zero-order valence-corrected chi connectivity index (χ0v) is 14.9. The highest BCUT2D eigenvalue weighted by molar-refractivity contribution is 5.68. The van der Waals surface area contributed by atoms with E-state index in [1.807, 2.05) is 0 Å². The lowest BCUT2D eigenvalue weighted by Crippen LogP contribution is -2.35. The van der Waals surface area contributed by atoms with E-state index in [-0.39, 0.29) is 6.61 Å². The molecule has 2 aromatic rings. The maximum Gasteiger partial charge on any atom is 0.205 e. The highest BCUT2D eigenvalue weighted by atomic mass is 16.3. The Balaban J connectivity index is 2.11. The van der Waals surface area contributed by atoms with Gasteiger partial charge in [-0.15, -0.1) is 0 Å². The fraction of sp³-hybridized carbons (Fsp3) is 0.381. The van der Waals surface area contributed by atoms with E-state index >= 15 is 0 Å². The van der Waals surface area contributed by atoms with Gasteiger partial charge in [0.1, 0.15) is 6.54 Å².